The van der Waals surface area contributed by atoms with Crippen molar-refractivity contribution < 1.29 is 14.4 Å². The average molecular weight is 369 g/mol. The second-order valence-electron chi connectivity index (χ2n) is 7.92. The minimum Gasteiger partial charge on any atom is -0.342 e. The number of rotatable bonds is 3. The molecule has 0 radical (unpaired) electrons. The van der Waals surface area contributed by atoms with E-state index < -0.39 is 12.1 Å². The summed E-state index contributed by atoms with van der Waals surface area (Å²) in [5.41, 5.74) is 1.03. The van der Waals surface area contributed by atoms with Crippen molar-refractivity contribution in [3.05, 3.63) is 35.9 Å². The van der Waals surface area contributed by atoms with Gasteiger partial charge < -0.3 is 15.1 Å². The Kier molecular flexibility index (Phi) is 5.14. The van der Waals surface area contributed by atoms with Gasteiger partial charge in [-0.3, -0.25) is 14.4 Å². The van der Waals surface area contributed by atoms with Crippen molar-refractivity contribution in [2.75, 3.05) is 19.6 Å². The van der Waals surface area contributed by atoms with Crippen LogP contribution in [-0.2, 0) is 20.8 Å². The minimum absolute atomic E-state index is 0.0341. The lowest BCUT2D eigenvalue weighted by Gasteiger charge is -2.46. The normalized spacial score (nSPS) is 26.5. The van der Waals surface area contributed by atoms with Gasteiger partial charge in [0, 0.05) is 25.4 Å². The Balaban J connectivity index is 1.41. The van der Waals surface area contributed by atoms with Crippen molar-refractivity contribution >= 4 is 17.7 Å². The van der Waals surface area contributed by atoms with E-state index >= 15 is 0 Å². The van der Waals surface area contributed by atoms with Gasteiger partial charge in [0.15, 0.2) is 0 Å². The van der Waals surface area contributed by atoms with Crippen LogP contribution in [0.25, 0.3) is 0 Å². The van der Waals surface area contributed by atoms with E-state index in [1.165, 1.54) is 6.42 Å². The molecule has 1 saturated carbocycles. The molecule has 1 aromatic carbocycles. The average Bonchev–Trinajstić information content (AvgIpc) is 2.72. The maximum absolute atomic E-state index is 12.9. The third-order valence-corrected chi connectivity index (χ3v) is 6.13. The maximum Gasteiger partial charge on any atom is 0.246 e. The molecular weight excluding hydrogens is 342 g/mol. The van der Waals surface area contributed by atoms with Gasteiger partial charge in [0.2, 0.25) is 17.7 Å². The first kappa shape index (κ1) is 18.0. The number of hydrogen-bond donors (Lipinski definition) is 1. The van der Waals surface area contributed by atoms with Crippen LogP contribution in [0.1, 0.15) is 37.7 Å². The molecule has 0 unspecified atom stereocenters. The van der Waals surface area contributed by atoms with Crippen molar-refractivity contribution in [3.63, 3.8) is 0 Å². The molecule has 27 heavy (non-hydrogen) atoms. The van der Waals surface area contributed by atoms with Crippen molar-refractivity contribution in [2.24, 2.45) is 5.92 Å². The van der Waals surface area contributed by atoms with Gasteiger partial charge in [0.05, 0.1) is 6.54 Å². The second kappa shape index (κ2) is 7.71. The Bertz CT molecular complexity index is 715. The number of piperazine rings is 2. The quantitative estimate of drug-likeness (QED) is 0.874. The van der Waals surface area contributed by atoms with Gasteiger partial charge in [-0.05, 0) is 18.4 Å². The largest absolute Gasteiger partial charge is 0.342 e. The van der Waals surface area contributed by atoms with E-state index in [1.807, 2.05) is 35.2 Å². The molecule has 3 fully saturated rings. The van der Waals surface area contributed by atoms with Crippen LogP contribution in [0.2, 0.25) is 0 Å². The lowest BCUT2D eigenvalue weighted by molar-refractivity contribution is -0.156. The zero-order chi connectivity index (χ0) is 18.8. The zero-order valence-corrected chi connectivity index (χ0v) is 15.6. The topological polar surface area (TPSA) is 69.7 Å². The van der Waals surface area contributed by atoms with Crippen LogP contribution in [0.4, 0.5) is 0 Å². The third-order valence-electron chi connectivity index (χ3n) is 6.13. The summed E-state index contributed by atoms with van der Waals surface area (Å²) in [7, 11) is 0. The fourth-order valence-corrected chi connectivity index (χ4v) is 4.60. The van der Waals surface area contributed by atoms with Gasteiger partial charge in [-0.15, -0.1) is 0 Å². The van der Waals surface area contributed by atoms with Gasteiger partial charge >= 0.3 is 0 Å². The SMILES string of the molecule is O=C1N[C@H](Cc2ccccc2)C(=O)N2CCN(C(=O)C3CCCCC3)C[C@H]12. The molecule has 0 spiro atoms. The van der Waals surface area contributed by atoms with Crippen LogP contribution in [0.15, 0.2) is 30.3 Å². The molecular formula is C21H27N3O3. The minimum atomic E-state index is -0.550. The summed E-state index contributed by atoms with van der Waals surface area (Å²) >= 11 is 0. The standard InChI is InChI=1S/C21H27N3O3/c25-19-18-14-23(20(26)16-9-5-2-6-10-16)11-12-24(18)21(27)17(22-19)13-15-7-3-1-4-8-15/h1,3-4,7-8,16-18H,2,5-6,9-14H2,(H,22,25)/t17-,18-/m1/s1. The molecule has 3 aliphatic rings. The summed E-state index contributed by atoms with van der Waals surface area (Å²) < 4.78 is 0. The number of carbonyl (C=O) groups excluding carboxylic acids is 3. The molecule has 2 atom stereocenters. The Morgan fingerprint density at radius 1 is 1.04 bits per heavy atom. The molecule has 1 aromatic rings. The Labute approximate surface area is 159 Å². The number of nitrogens with one attached hydrogen (secondary N) is 1. The summed E-state index contributed by atoms with van der Waals surface area (Å²) in [6.45, 7) is 1.30. The molecule has 1 N–H and O–H groups in total. The van der Waals surface area contributed by atoms with Crippen LogP contribution in [0.3, 0.4) is 0 Å². The number of fused-ring (bicyclic) bond motifs is 1. The molecule has 3 amide bonds. The zero-order valence-electron chi connectivity index (χ0n) is 15.6. The van der Waals surface area contributed by atoms with Crippen LogP contribution in [0.5, 0.6) is 0 Å². The molecule has 2 saturated heterocycles. The van der Waals surface area contributed by atoms with E-state index in [9.17, 15) is 14.4 Å². The lowest BCUT2D eigenvalue weighted by atomic mass is 9.88. The first-order valence-corrected chi connectivity index (χ1v) is 10.1. The summed E-state index contributed by atoms with van der Waals surface area (Å²) in [5.74, 6) is 0.0874. The van der Waals surface area contributed by atoms with E-state index in [-0.39, 0.29) is 23.6 Å². The summed E-state index contributed by atoms with van der Waals surface area (Å²) in [5, 5.41) is 2.88. The monoisotopic (exact) mass is 369 g/mol. The maximum atomic E-state index is 12.9. The Morgan fingerprint density at radius 2 is 1.78 bits per heavy atom. The van der Waals surface area contributed by atoms with Crippen LogP contribution < -0.4 is 5.32 Å². The highest BCUT2D eigenvalue weighted by Gasteiger charge is 2.44. The van der Waals surface area contributed by atoms with Crippen LogP contribution in [0, 0.1) is 5.92 Å². The first-order valence-electron chi connectivity index (χ1n) is 10.1. The van der Waals surface area contributed by atoms with Gasteiger partial charge in [0.1, 0.15) is 12.1 Å². The van der Waals surface area contributed by atoms with E-state index in [4.69, 9.17) is 0 Å². The molecule has 1 aliphatic carbocycles. The van der Waals surface area contributed by atoms with Gasteiger partial charge in [-0.1, -0.05) is 49.6 Å². The molecule has 4 rings (SSSR count). The smallest absolute Gasteiger partial charge is 0.246 e. The van der Waals surface area contributed by atoms with Gasteiger partial charge in [-0.25, -0.2) is 0 Å². The lowest BCUT2D eigenvalue weighted by Crippen LogP contribution is -2.70. The van der Waals surface area contributed by atoms with E-state index in [2.05, 4.69) is 5.32 Å². The van der Waals surface area contributed by atoms with E-state index in [1.54, 1.807) is 4.90 Å². The number of hydrogen-bond acceptors (Lipinski definition) is 3. The number of nitrogens with zero attached hydrogens (tertiary/aromatic N) is 2. The third kappa shape index (κ3) is 3.70. The first-order chi connectivity index (χ1) is 13.1. The number of benzene rings is 1. The molecule has 2 heterocycles. The molecule has 6 nitrogen and oxygen atoms in total. The summed E-state index contributed by atoms with van der Waals surface area (Å²) in [6, 6.07) is 8.66. The Hall–Kier alpha value is -2.37. The van der Waals surface area contributed by atoms with Crippen LogP contribution in [-0.4, -0.2) is 59.2 Å². The van der Waals surface area contributed by atoms with Gasteiger partial charge in [0.25, 0.3) is 0 Å². The molecule has 0 bridgehead atoms. The summed E-state index contributed by atoms with van der Waals surface area (Å²) in [6.07, 6.45) is 5.83. The van der Waals surface area contributed by atoms with E-state index in [0.29, 0.717) is 26.1 Å². The van der Waals surface area contributed by atoms with Crippen molar-refractivity contribution in [2.45, 2.75) is 50.6 Å². The van der Waals surface area contributed by atoms with Crippen molar-refractivity contribution in [3.8, 4) is 0 Å². The van der Waals surface area contributed by atoms with Crippen molar-refractivity contribution in [1.82, 2.24) is 15.1 Å². The molecule has 144 valence electrons. The summed E-state index contributed by atoms with van der Waals surface area (Å²) in [4.78, 5) is 41.9. The predicted octanol–water partition coefficient (Wildman–Crippen LogP) is 1.35. The second-order valence-corrected chi connectivity index (χ2v) is 7.92. The number of amides is 3. The predicted molar refractivity (Wildman–Crippen MR) is 101 cm³/mol. The highest BCUT2D eigenvalue weighted by atomic mass is 16.2. The molecule has 6 heteroatoms. The Morgan fingerprint density at radius 3 is 2.52 bits per heavy atom. The molecule has 0 aromatic heterocycles. The number of carbonyl (C=O) groups is 3. The van der Waals surface area contributed by atoms with Crippen molar-refractivity contribution in [1.29, 1.82) is 0 Å². The van der Waals surface area contributed by atoms with E-state index in [0.717, 1.165) is 31.2 Å². The van der Waals surface area contributed by atoms with Gasteiger partial charge in [-0.2, -0.15) is 0 Å². The highest BCUT2D eigenvalue weighted by Crippen LogP contribution is 2.27. The van der Waals surface area contributed by atoms with Crippen LogP contribution >= 0.6 is 0 Å². The fraction of sp³-hybridized carbons (Fsp3) is 0.571. The fourth-order valence-electron chi connectivity index (χ4n) is 4.60. The highest BCUT2D eigenvalue weighted by molar-refractivity contribution is 5.98. The molecule has 2 aliphatic heterocycles.